The monoisotopic (exact) mass is 498 g/mol. The largest absolute Gasteiger partial charge is 0.483 e. The number of ether oxygens (including phenoxy) is 1. The Morgan fingerprint density at radius 2 is 2.00 bits per heavy atom. The van der Waals surface area contributed by atoms with Gasteiger partial charge in [0.2, 0.25) is 10.0 Å². The summed E-state index contributed by atoms with van der Waals surface area (Å²) in [6.07, 6.45) is 1.94. The first kappa shape index (κ1) is 25.1. The van der Waals surface area contributed by atoms with Crippen molar-refractivity contribution in [3.63, 3.8) is 0 Å². The number of aliphatic hydroxyl groups excluding tert-OH is 1. The number of hydrogen-bond acceptors (Lipinski definition) is 7. The van der Waals surface area contributed by atoms with Gasteiger partial charge in [-0.15, -0.1) is 0 Å². The second-order valence-electron chi connectivity index (χ2n) is 8.80. The highest BCUT2D eigenvalue weighted by molar-refractivity contribution is 7.89. The predicted molar refractivity (Wildman–Crippen MR) is 133 cm³/mol. The fourth-order valence-electron chi connectivity index (χ4n) is 4.13. The molecular formula is C25H30N4O5S. The van der Waals surface area contributed by atoms with Crippen LogP contribution < -0.4 is 10.1 Å². The number of carbonyl (C=O) groups excluding carboxylic acids is 1. The Kier molecular flexibility index (Phi) is 7.66. The highest BCUT2D eigenvalue weighted by Crippen LogP contribution is 2.27. The summed E-state index contributed by atoms with van der Waals surface area (Å²) in [7, 11) is -0.693. The third-order valence-corrected chi connectivity index (χ3v) is 7.85. The molecular weight excluding hydrogens is 468 g/mol. The van der Waals surface area contributed by atoms with Crippen molar-refractivity contribution in [2.24, 2.45) is 0 Å². The number of fused-ring (bicyclic) bond motifs is 1. The summed E-state index contributed by atoms with van der Waals surface area (Å²) in [5.41, 5.74) is 1.53. The minimum Gasteiger partial charge on any atom is -0.483 e. The average Bonchev–Trinajstić information content (AvgIpc) is 3.26. The normalized spacial score (nSPS) is 17.5. The summed E-state index contributed by atoms with van der Waals surface area (Å²) >= 11 is 0. The molecule has 10 heteroatoms. The van der Waals surface area contributed by atoms with Gasteiger partial charge >= 0.3 is 0 Å². The van der Waals surface area contributed by atoms with Gasteiger partial charge < -0.3 is 15.2 Å². The van der Waals surface area contributed by atoms with E-state index in [1.54, 1.807) is 18.3 Å². The lowest BCUT2D eigenvalue weighted by molar-refractivity contribution is -0.124. The third kappa shape index (κ3) is 5.96. The van der Waals surface area contributed by atoms with Crippen LogP contribution in [0.1, 0.15) is 18.0 Å². The zero-order valence-corrected chi connectivity index (χ0v) is 20.6. The van der Waals surface area contributed by atoms with Crippen LogP contribution in [0.4, 0.5) is 0 Å². The van der Waals surface area contributed by atoms with Gasteiger partial charge in [-0.25, -0.2) is 12.7 Å². The number of carbonyl (C=O) groups is 1. The summed E-state index contributed by atoms with van der Waals surface area (Å²) in [5, 5.41) is 13.4. The number of nitrogens with one attached hydrogen (secondary N) is 1. The summed E-state index contributed by atoms with van der Waals surface area (Å²) in [5.74, 6) is 0.0699. The van der Waals surface area contributed by atoms with E-state index in [0.29, 0.717) is 29.7 Å². The molecule has 0 spiro atoms. The Balaban J connectivity index is 1.49. The minimum absolute atomic E-state index is 0.120. The average molecular weight is 499 g/mol. The molecule has 9 nitrogen and oxygen atoms in total. The van der Waals surface area contributed by atoms with E-state index in [4.69, 9.17) is 4.74 Å². The van der Waals surface area contributed by atoms with E-state index in [2.05, 4.69) is 15.2 Å². The van der Waals surface area contributed by atoms with Gasteiger partial charge in [-0.1, -0.05) is 30.3 Å². The maximum Gasteiger partial charge on any atom is 0.258 e. The second kappa shape index (κ2) is 10.7. The molecule has 186 valence electrons. The number of rotatable bonds is 9. The van der Waals surface area contributed by atoms with Crippen molar-refractivity contribution in [3.8, 4) is 5.75 Å². The molecule has 35 heavy (non-hydrogen) atoms. The van der Waals surface area contributed by atoms with Crippen molar-refractivity contribution in [1.29, 1.82) is 0 Å². The van der Waals surface area contributed by atoms with Crippen molar-refractivity contribution in [2.75, 3.05) is 40.3 Å². The highest BCUT2D eigenvalue weighted by Gasteiger charge is 2.25. The molecule has 1 aromatic heterocycles. The van der Waals surface area contributed by atoms with Crippen molar-refractivity contribution >= 4 is 26.8 Å². The molecule has 0 aliphatic carbocycles. The number of pyridine rings is 1. The van der Waals surface area contributed by atoms with Gasteiger partial charge in [-0.05, 0) is 36.2 Å². The van der Waals surface area contributed by atoms with E-state index >= 15 is 0 Å². The number of sulfonamides is 1. The number of aliphatic hydroxyl groups is 1. The molecule has 2 atom stereocenters. The van der Waals surface area contributed by atoms with Crippen LogP contribution in [0.2, 0.25) is 0 Å². The third-order valence-electron chi connectivity index (χ3n) is 6.04. The van der Waals surface area contributed by atoms with Crippen LogP contribution in [-0.2, 0) is 14.8 Å². The van der Waals surface area contributed by atoms with Crippen LogP contribution in [-0.4, -0.2) is 80.1 Å². The molecule has 1 fully saturated rings. The Hall–Kier alpha value is -3.05. The number of β-amino-alcohol motifs (C(OH)–C–C–N with tert-alkyl or cyclic N) is 1. The lowest BCUT2D eigenvalue weighted by atomic mass is 10.1. The molecule has 2 N–H and O–H groups in total. The van der Waals surface area contributed by atoms with Gasteiger partial charge in [0.05, 0.1) is 22.6 Å². The van der Waals surface area contributed by atoms with Gasteiger partial charge in [0, 0.05) is 45.3 Å². The zero-order chi connectivity index (χ0) is 25.0. The highest BCUT2D eigenvalue weighted by atomic mass is 32.2. The lowest BCUT2D eigenvalue weighted by Gasteiger charge is -2.25. The van der Waals surface area contributed by atoms with Crippen molar-refractivity contribution in [1.82, 2.24) is 19.5 Å². The van der Waals surface area contributed by atoms with E-state index in [0.717, 1.165) is 22.8 Å². The van der Waals surface area contributed by atoms with Crippen LogP contribution in [0.5, 0.6) is 5.75 Å². The number of benzene rings is 2. The summed E-state index contributed by atoms with van der Waals surface area (Å²) in [4.78, 5) is 19.4. The van der Waals surface area contributed by atoms with Crippen LogP contribution >= 0.6 is 0 Å². The number of likely N-dealkylation sites (tertiary alicyclic amines) is 1. The van der Waals surface area contributed by atoms with Gasteiger partial charge in [0.1, 0.15) is 5.75 Å². The molecule has 0 bridgehead atoms. The van der Waals surface area contributed by atoms with Crippen molar-refractivity contribution < 1.29 is 23.1 Å². The van der Waals surface area contributed by atoms with Gasteiger partial charge in [-0.3, -0.25) is 14.7 Å². The molecule has 1 aliphatic heterocycles. The quantitative estimate of drug-likeness (QED) is 0.463. The van der Waals surface area contributed by atoms with Gasteiger partial charge in [0.25, 0.3) is 5.91 Å². The summed E-state index contributed by atoms with van der Waals surface area (Å²) in [6, 6.07) is 15.7. The number of amides is 1. The van der Waals surface area contributed by atoms with Crippen LogP contribution in [0.15, 0.2) is 65.7 Å². The first-order valence-corrected chi connectivity index (χ1v) is 12.9. The first-order valence-electron chi connectivity index (χ1n) is 11.4. The standard InChI is InChI=1S/C25H30N4O5S/c1-28(2)35(32,33)20-8-9-22-21(14-20)24(10-12-26-22)34-17-25(31)27-23(18-6-4-3-5-7-18)16-29-13-11-19(30)15-29/h3-10,12,14,19,23,30H,11,13,15-17H2,1-2H3,(H,27,31)/t19-,23+/m0/s1. The van der Waals surface area contributed by atoms with Crippen molar-refractivity contribution in [2.45, 2.75) is 23.5 Å². The van der Waals surface area contributed by atoms with E-state index < -0.39 is 10.0 Å². The SMILES string of the molecule is CN(C)S(=O)(=O)c1ccc2nccc(OCC(=O)N[C@H](CN3CC[C@H](O)C3)c3ccccc3)c2c1. The molecule has 4 rings (SSSR count). The topological polar surface area (TPSA) is 112 Å². The Labute approximate surface area is 205 Å². The maximum atomic E-state index is 12.9. The number of aromatic nitrogens is 1. The molecule has 0 saturated carbocycles. The van der Waals surface area contributed by atoms with Gasteiger partial charge in [-0.2, -0.15) is 0 Å². The number of nitrogens with zero attached hydrogens (tertiary/aromatic N) is 3. The van der Waals surface area contributed by atoms with Gasteiger partial charge in [0.15, 0.2) is 6.61 Å². The van der Waals surface area contributed by atoms with E-state index in [1.165, 1.54) is 26.2 Å². The Morgan fingerprint density at radius 3 is 2.69 bits per heavy atom. The van der Waals surface area contributed by atoms with Crippen LogP contribution in [0.3, 0.4) is 0 Å². The number of hydrogen-bond donors (Lipinski definition) is 2. The summed E-state index contributed by atoms with van der Waals surface area (Å²) in [6.45, 7) is 1.70. The van der Waals surface area contributed by atoms with E-state index in [1.807, 2.05) is 30.3 Å². The van der Waals surface area contributed by atoms with Crippen LogP contribution in [0, 0.1) is 0 Å². The zero-order valence-electron chi connectivity index (χ0n) is 19.8. The van der Waals surface area contributed by atoms with Crippen LogP contribution in [0.25, 0.3) is 10.9 Å². The lowest BCUT2D eigenvalue weighted by Crippen LogP contribution is -2.39. The van der Waals surface area contributed by atoms with E-state index in [9.17, 15) is 18.3 Å². The smallest absolute Gasteiger partial charge is 0.258 e. The minimum atomic E-state index is -3.63. The molecule has 1 aliphatic rings. The van der Waals surface area contributed by atoms with E-state index in [-0.39, 0.29) is 29.6 Å². The summed E-state index contributed by atoms with van der Waals surface area (Å²) < 4.78 is 32.1. The molecule has 0 unspecified atom stereocenters. The predicted octanol–water partition coefficient (Wildman–Crippen LogP) is 1.79. The Morgan fingerprint density at radius 1 is 1.23 bits per heavy atom. The molecule has 2 aromatic carbocycles. The molecule has 0 radical (unpaired) electrons. The molecule has 3 aromatic rings. The molecule has 1 amide bonds. The van der Waals surface area contributed by atoms with Crippen molar-refractivity contribution in [3.05, 3.63) is 66.4 Å². The molecule has 2 heterocycles. The maximum absolute atomic E-state index is 12.9. The first-order chi connectivity index (χ1) is 16.7. The fraction of sp³-hybridized carbons (Fsp3) is 0.360. The Bertz CT molecular complexity index is 1280. The molecule has 1 saturated heterocycles. The second-order valence-corrected chi connectivity index (χ2v) is 10.9. The fourth-order valence-corrected chi connectivity index (χ4v) is 5.06.